The number of nitrogens with zero attached hydrogens (tertiary/aromatic N) is 2. The maximum absolute atomic E-state index is 4.33. The van der Waals surface area contributed by atoms with E-state index in [4.69, 9.17) is 0 Å². The molecule has 0 unspecified atom stereocenters. The van der Waals surface area contributed by atoms with Crippen molar-refractivity contribution in [3.63, 3.8) is 0 Å². The van der Waals surface area contributed by atoms with Gasteiger partial charge >= 0.3 is 0 Å². The molecule has 17 heavy (non-hydrogen) atoms. The molecule has 3 heteroatoms. The summed E-state index contributed by atoms with van der Waals surface area (Å²) >= 11 is 0. The topological polar surface area (TPSA) is 29.9 Å². The van der Waals surface area contributed by atoms with E-state index in [9.17, 15) is 0 Å². The van der Waals surface area contributed by atoms with Gasteiger partial charge in [-0.1, -0.05) is 19.1 Å². The van der Waals surface area contributed by atoms with E-state index in [1.165, 1.54) is 16.8 Å². The van der Waals surface area contributed by atoms with Crippen LogP contribution in [0.1, 0.15) is 23.7 Å². The Morgan fingerprint density at radius 2 is 2.18 bits per heavy atom. The minimum absolute atomic E-state index is 0.826. The zero-order valence-electron chi connectivity index (χ0n) is 10.7. The molecule has 0 bridgehead atoms. The van der Waals surface area contributed by atoms with Gasteiger partial charge in [0.2, 0.25) is 0 Å². The summed E-state index contributed by atoms with van der Waals surface area (Å²) in [5.41, 5.74) is 4.87. The summed E-state index contributed by atoms with van der Waals surface area (Å²) in [4.78, 5) is 0. The molecule has 1 heterocycles. The Hall–Kier alpha value is -1.77. The number of nitrogens with one attached hydrogen (secondary N) is 1. The van der Waals surface area contributed by atoms with E-state index < -0.39 is 0 Å². The van der Waals surface area contributed by atoms with Crippen LogP contribution in [-0.2, 0) is 20.0 Å². The summed E-state index contributed by atoms with van der Waals surface area (Å²) in [5.74, 6) is 0. The van der Waals surface area contributed by atoms with Crippen LogP contribution in [0.2, 0.25) is 0 Å². The van der Waals surface area contributed by atoms with Gasteiger partial charge in [0.1, 0.15) is 0 Å². The number of anilines is 1. The Bertz CT molecular complexity index is 500. The van der Waals surface area contributed by atoms with E-state index >= 15 is 0 Å². The van der Waals surface area contributed by atoms with Crippen LogP contribution in [0.25, 0.3) is 0 Å². The minimum atomic E-state index is 0.826. The lowest BCUT2D eigenvalue weighted by atomic mass is 10.1. The predicted molar refractivity (Wildman–Crippen MR) is 71.1 cm³/mol. The van der Waals surface area contributed by atoms with Crippen LogP contribution in [0, 0.1) is 6.92 Å². The predicted octanol–water partition coefficient (Wildman–Crippen LogP) is 2.90. The van der Waals surface area contributed by atoms with Crippen molar-refractivity contribution >= 4 is 5.69 Å². The molecular weight excluding hydrogens is 210 g/mol. The summed E-state index contributed by atoms with van der Waals surface area (Å²) in [6, 6.07) is 8.55. The Labute approximate surface area is 102 Å². The average Bonchev–Trinajstić information content (AvgIpc) is 2.65. The van der Waals surface area contributed by atoms with E-state index in [0.717, 1.165) is 18.7 Å². The molecule has 0 aliphatic carbocycles. The van der Waals surface area contributed by atoms with Crippen molar-refractivity contribution in [3.05, 3.63) is 47.3 Å². The number of aromatic nitrogens is 2. The maximum Gasteiger partial charge on any atom is 0.0643 e. The van der Waals surface area contributed by atoms with Gasteiger partial charge < -0.3 is 5.32 Å². The molecule has 0 aliphatic heterocycles. The molecule has 0 amide bonds. The fourth-order valence-electron chi connectivity index (χ4n) is 1.92. The van der Waals surface area contributed by atoms with Gasteiger partial charge in [0.05, 0.1) is 5.69 Å². The molecular formula is C14H19N3. The van der Waals surface area contributed by atoms with Crippen molar-refractivity contribution in [1.29, 1.82) is 0 Å². The average molecular weight is 229 g/mol. The van der Waals surface area contributed by atoms with Crippen LogP contribution in [-0.4, -0.2) is 9.78 Å². The second-order valence-electron chi connectivity index (χ2n) is 4.32. The van der Waals surface area contributed by atoms with Crippen LogP contribution in [0.15, 0.2) is 30.5 Å². The zero-order valence-corrected chi connectivity index (χ0v) is 10.7. The first kappa shape index (κ1) is 11.7. The SMILES string of the molecule is CCc1cccc(NCc2cn(C)nc2C)c1. The van der Waals surface area contributed by atoms with Gasteiger partial charge in [0, 0.05) is 31.0 Å². The van der Waals surface area contributed by atoms with E-state index in [0.29, 0.717) is 0 Å². The van der Waals surface area contributed by atoms with Crippen molar-refractivity contribution in [1.82, 2.24) is 9.78 Å². The Balaban J connectivity index is 2.04. The third kappa shape index (κ3) is 2.87. The molecule has 0 saturated carbocycles. The lowest BCUT2D eigenvalue weighted by molar-refractivity contribution is 0.756. The zero-order chi connectivity index (χ0) is 12.3. The quantitative estimate of drug-likeness (QED) is 0.873. The number of hydrogen-bond donors (Lipinski definition) is 1. The van der Waals surface area contributed by atoms with Gasteiger partial charge in [-0.25, -0.2) is 0 Å². The van der Waals surface area contributed by atoms with Crippen LogP contribution >= 0.6 is 0 Å². The molecule has 0 radical (unpaired) electrons. The summed E-state index contributed by atoms with van der Waals surface area (Å²) in [6.45, 7) is 5.04. The number of hydrogen-bond acceptors (Lipinski definition) is 2. The van der Waals surface area contributed by atoms with Crippen molar-refractivity contribution < 1.29 is 0 Å². The third-order valence-corrected chi connectivity index (χ3v) is 2.93. The first-order valence-corrected chi connectivity index (χ1v) is 6.01. The number of rotatable bonds is 4. The molecule has 1 aromatic heterocycles. The van der Waals surface area contributed by atoms with Crippen molar-refractivity contribution in [2.75, 3.05) is 5.32 Å². The molecule has 0 aliphatic rings. The van der Waals surface area contributed by atoms with Crippen molar-refractivity contribution in [3.8, 4) is 0 Å². The van der Waals surface area contributed by atoms with Gasteiger partial charge in [-0.15, -0.1) is 0 Å². The van der Waals surface area contributed by atoms with Crippen LogP contribution < -0.4 is 5.32 Å². The Morgan fingerprint density at radius 3 is 2.82 bits per heavy atom. The second-order valence-corrected chi connectivity index (χ2v) is 4.32. The number of aryl methyl sites for hydroxylation is 3. The lowest BCUT2D eigenvalue weighted by Crippen LogP contribution is -2.00. The van der Waals surface area contributed by atoms with Crippen molar-refractivity contribution in [2.45, 2.75) is 26.8 Å². The van der Waals surface area contributed by atoms with Gasteiger partial charge in [-0.2, -0.15) is 5.10 Å². The monoisotopic (exact) mass is 229 g/mol. The first-order chi connectivity index (χ1) is 8.19. The molecule has 0 atom stereocenters. The van der Waals surface area contributed by atoms with Crippen LogP contribution in [0.3, 0.4) is 0 Å². The number of benzene rings is 1. The summed E-state index contributed by atoms with van der Waals surface area (Å²) in [7, 11) is 1.95. The molecule has 3 nitrogen and oxygen atoms in total. The normalized spacial score (nSPS) is 10.5. The molecule has 90 valence electrons. The fourth-order valence-corrected chi connectivity index (χ4v) is 1.92. The summed E-state index contributed by atoms with van der Waals surface area (Å²) in [5, 5.41) is 7.77. The van der Waals surface area contributed by atoms with E-state index in [-0.39, 0.29) is 0 Å². The standard InChI is InChI=1S/C14H19N3/c1-4-12-6-5-7-14(8-12)15-9-13-10-17(3)16-11(13)2/h5-8,10,15H,4,9H2,1-3H3. The van der Waals surface area contributed by atoms with E-state index in [1.54, 1.807) is 0 Å². The van der Waals surface area contributed by atoms with E-state index in [1.807, 2.05) is 18.7 Å². The highest BCUT2D eigenvalue weighted by Gasteiger charge is 2.02. The molecule has 1 N–H and O–H groups in total. The van der Waals surface area contributed by atoms with E-state index in [2.05, 4.69) is 47.8 Å². The Kier molecular flexibility index (Phi) is 3.47. The second kappa shape index (κ2) is 5.04. The van der Waals surface area contributed by atoms with Gasteiger partial charge in [-0.05, 0) is 31.0 Å². The third-order valence-electron chi connectivity index (χ3n) is 2.93. The minimum Gasteiger partial charge on any atom is -0.381 e. The van der Waals surface area contributed by atoms with Gasteiger partial charge in [0.25, 0.3) is 0 Å². The van der Waals surface area contributed by atoms with Crippen LogP contribution in [0.4, 0.5) is 5.69 Å². The summed E-state index contributed by atoms with van der Waals surface area (Å²) in [6.07, 6.45) is 3.13. The largest absolute Gasteiger partial charge is 0.381 e. The molecule has 1 aromatic carbocycles. The highest BCUT2D eigenvalue weighted by Crippen LogP contribution is 2.13. The van der Waals surface area contributed by atoms with Crippen molar-refractivity contribution in [2.24, 2.45) is 7.05 Å². The lowest BCUT2D eigenvalue weighted by Gasteiger charge is -2.06. The first-order valence-electron chi connectivity index (χ1n) is 6.01. The van der Waals surface area contributed by atoms with Crippen LogP contribution in [0.5, 0.6) is 0 Å². The molecule has 2 rings (SSSR count). The maximum atomic E-state index is 4.33. The van der Waals surface area contributed by atoms with Gasteiger partial charge in [0.15, 0.2) is 0 Å². The molecule has 0 fully saturated rings. The molecule has 0 spiro atoms. The van der Waals surface area contributed by atoms with Gasteiger partial charge in [-0.3, -0.25) is 4.68 Å². The molecule has 0 saturated heterocycles. The highest BCUT2D eigenvalue weighted by atomic mass is 15.2. The Morgan fingerprint density at radius 1 is 1.35 bits per heavy atom. The summed E-state index contributed by atoms with van der Waals surface area (Å²) < 4.78 is 1.86. The molecule has 2 aromatic rings. The highest BCUT2D eigenvalue weighted by molar-refractivity contribution is 5.46. The smallest absolute Gasteiger partial charge is 0.0643 e. The fraction of sp³-hybridized carbons (Fsp3) is 0.357.